The molecule has 0 unspecified atom stereocenters. The molecule has 29 heavy (non-hydrogen) atoms. The lowest BCUT2D eigenvalue weighted by Gasteiger charge is -2.35. The predicted octanol–water partition coefficient (Wildman–Crippen LogP) is 6.79. The van der Waals surface area contributed by atoms with Gasteiger partial charge in [0.2, 0.25) is 0 Å². The van der Waals surface area contributed by atoms with Crippen LogP contribution in [0.1, 0.15) is 11.1 Å². The summed E-state index contributed by atoms with van der Waals surface area (Å²) >= 11 is 0. The van der Waals surface area contributed by atoms with Gasteiger partial charge in [0.1, 0.15) is 6.67 Å². The third-order valence-corrected chi connectivity index (χ3v) is 6.40. The zero-order chi connectivity index (χ0) is 19.7. The summed E-state index contributed by atoms with van der Waals surface area (Å²) in [5.41, 5.74) is 10.3. The molecule has 0 aliphatic carbocycles. The minimum absolute atomic E-state index is 0.831. The Morgan fingerprint density at radius 2 is 1.17 bits per heavy atom. The van der Waals surface area contributed by atoms with Crippen LogP contribution >= 0.6 is 0 Å². The second-order valence-electron chi connectivity index (χ2n) is 8.13. The summed E-state index contributed by atoms with van der Waals surface area (Å²) in [6, 6.07) is 26.5. The Bertz CT molecular complexity index is 1270. The van der Waals surface area contributed by atoms with Crippen LogP contribution in [0.15, 0.2) is 72.8 Å². The molecule has 0 saturated heterocycles. The zero-order valence-corrected chi connectivity index (χ0v) is 17.0. The van der Waals surface area contributed by atoms with Crippen molar-refractivity contribution in [2.75, 3.05) is 28.4 Å². The van der Waals surface area contributed by atoms with Gasteiger partial charge in [0.15, 0.2) is 0 Å². The van der Waals surface area contributed by atoms with Crippen LogP contribution < -0.4 is 14.7 Å². The summed E-state index contributed by atoms with van der Waals surface area (Å²) < 4.78 is 0. The van der Waals surface area contributed by atoms with Gasteiger partial charge in [0.25, 0.3) is 0 Å². The van der Waals surface area contributed by atoms with E-state index in [1.54, 1.807) is 0 Å². The van der Waals surface area contributed by atoms with Gasteiger partial charge < -0.3 is 14.7 Å². The Hall–Kier alpha value is -3.46. The Morgan fingerprint density at radius 1 is 0.586 bits per heavy atom. The summed E-state index contributed by atoms with van der Waals surface area (Å²) in [7, 11) is 2.18. The molecule has 0 aromatic heterocycles. The van der Waals surface area contributed by atoms with Gasteiger partial charge in [-0.15, -0.1) is 0 Å². The number of rotatable bonds is 1. The molecule has 3 nitrogen and oxygen atoms in total. The van der Waals surface area contributed by atoms with E-state index in [2.05, 4.69) is 108 Å². The van der Waals surface area contributed by atoms with E-state index in [4.69, 9.17) is 0 Å². The van der Waals surface area contributed by atoms with Crippen LogP contribution in [0.25, 0.3) is 10.8 Å². The first-order chi connectivity index (χ1) is 14.1. The van der Waals surface area contributed by atoms with Crippen molar-refractivity contribution in [1.82, 2.24) is 0 Å². The lowest BCUT2D eigenvalue weighted by atomic mass is 10.0. The molecule has 0 N–H and O–H groups in total. The fraction of sp³-hybridized carbons (Fsp3) is 0.154. The summed E-state index contributed by atoms with van der Waals surface area (Å²) in [4.78, 5) is 7.30. The number of benzene rings is 4. The van der Waals surface area contributed by atoms with E-state index in [1.807, 2.05) is 0 Å². The fourth-order valence-corrected chi connectivity index (χ4v) is 5.02. The van der Waals surface area contributed by atoms with Gasteiger partial charge in [-0.3, -0.25) is 0 Å². The first kappa shape index (κ1) is 16.5. The molecular formula is C26H23N3. The van der Waals surface area contributed by atoms with Crippen LogP contribution in [0.3, 0.4) is 0 Å². The minimum Gasteiger partial charge on any atom is -0.341 e. The molecule has 0 bridgehead atoms. The highest BCUT2D eigenvalue weighted by Crippen LogP contribution is 2.56. The summed E-state index contributed by atoms with van der Waals surface area (Å²) in [5, 5.41) is 2.56. The molecule has 2 aliphatic heterocycles. The molecule has 3 heteroatoms. The number of nitrogens with zero attached hydrogens (tertiary/aromatic N) is 3. The zero-order valence-electron chi connectivity index (χ0n) is 17.0. The van der Waals surface area contributed by atoms with Crippen LogP contribution in [-0.4, -0.2) is 13.7 Å². The molecule has 142 valence electrons. The van der Waals surface area contributed by atoms with Crippen molar-refractivity contribution < 1.29 is 0 Å². The number of anilines is 6. The Morgan fingerprint density at radius 3 is 1.90 bits per heavy atom. The molecule has 4 aromatic carbocycles. The number of aryl methyl sites for hydroxylation is 2. The molecule has 0 amide bonds. The van der Waals surface area contributed by atoms with E-state index in [9.17, 15) is 0 Å². The number of hydrogen-bond donors (Lipinski definition) is 0. The Labute approximate surface area is 171 Å². The van der Waals surface area contributed by atoms with Gasteiger partial charge in [-0.25, -0.2) is 0 Å². The van der Waals surface area contributed by atoms with Gasteiger partial charge in [-0.05, 0) is 60.0 Å². The monoisotopic (exact) mass is 377 g/mol. The lowest BCUT2D eigenvalue weighted by molar-refractivity contribution is 0.968. The van der Waals surface area contributed by atoms with E-state index >= 15 is 0 Å². The largest absolute Gasteiger partial charge is 0.341 e. The number of fused-ring (bicyclic) bond motifs is 3. The average Bonchev–Trinajstić information content (AvgIpc) is 3.11. The molecule has 0 radical (unpaired) electrons. The van der Waals surface area contributed by atoms with E-state index in [1.165, 1.54) is 56.0 Å². The molecule has 0 atom stereocenters. The third-order valence-electron chi connectivity index (χ3n) is 6.40. The van der Waals surface area contributed by atoms with Crippen molar-refractivity contribution in [1.29, 1.82) is 0 Å². The first-order valence-electron chi connectivity index (χ1n) is 10.1. The SMILES string of the molecule is Cc1cccc(C)c1N1CN2c3cc4ccccc4cc3N(C)c3cccc1c32. The van der Waals surface area contributed by atoms with Crippen molar-refractivity contribution in [3.63, 3.8) is 0 Å². The molecule has 2 heterocycles. The van der Waals surface area contributed by atoms with E-state index < -0.39 is 0 Å². The van der Waals surface area contributed by atoms with Gasteiger partial charge in [0.05, 0.1) is 28.4 Å². The maximum Gasteiger partial charge on any atom is 0.100 e. The van der Waals surface area contributed by atoms with Gasteiger partial charge in [-0.2, -0.15) is 0 Å². The molecular weight excluding hydrogens is 354 g/mol. The van der Waals surface area contributed by atoms with Crippen molar-refractivity contribution in [3.8, 4) is 0 Å². The Kier molecular flexibility index (Phi) is 3.28. The number of para-hydroxylation sites is 2. The predicted molar refractivity (Wildman–Crippen MR) is 124 cm³/mol. The maximum atomic E-state index is 2.48. The third kappa shape index (κ3) is 2.18. The molecule has 4 aromatic rings. The van der Waals surface area contributed by atoms with Crippen molar-refractivity contribution in [3.05, 3.63) is 83.9 Å². The van der Waals surface area contributed by atoms with Crippen LogP contribution in [0.4, 0.5) is 34.1 Å². The first-order valence-corrected chi connectivity index (χ1v) is 10.1. The van der Waals surface area contributed by atoms with Gasteiger partial charge >= 0.3 is 0 Å². The minimum atomic E-state index is 0.831. The van der Waals surface area contributed by atoms with Crippen molar-refractivity contribution >= 4 is 44.9 Å². The van der Waals surface area contributed by atoms with Gasteiger partial charge in [-0.1, -0.05) is 48.5 Å². The highest BCUT2D eigenvalue weighted by molar-refractivity contribution is 6.06. The van der Waals surface area contributed by atoms with Crippen LogP contribution in [0.5, 0.6) is 0 Å². The highest BCUT2D eigenvalue weighted by Gasteiger charge is 2.37. The fourth-order valence-electron chi connectivity index (χ4n) is 5.02. The lowest BCUT2D eigenvalue weighted by Crippen LogP contribution is -2.29. The van der Waals surface area contributed by atoms with Crippen LogP contribution in [0.2, 0.25) is 0 Å². The van der Waals surface area contributed by atoms with E-state index in [0.29, 0.717) is 0 Å². The summed E-state index contributed by atoms with van der Waals surface area (Å²) in [6.07, 6.45) is 0. The standard InChI is InChI=1S/C26H23N3/c1-17-8-6-9-18(2)25(17)28-16-29-24-15-20-11-5-4-10-19(20)14-23(24)27(3)21-12-7-13-22(28)26(21)29/h4-15H,16H2,1-3H3. The van der Waals surface area contributed by atoms with Crippen LogP contribution in [0, 0.1) is 13.8 Å². The quantitative estimate of drug-likeness (QED) is 0.362. The normalized spacial score (nSPS) is 14.4. The second-order valence-corrected chi connectivity index (χ2v) is 8.13. The van der Waals surface area contributed by atoms with Crippen LogP contribution in [-0.2, 0) is 0 Å². The summed E-state index contributed by atoms with van der Waals surface area (Å²) in [5.74, 6) is 0. The molecule has 0 saturated carbocycles. The van der Waals surface area contributed by atoms with E-state index in [-0.39, 0.29) is 0 Å². The van der Waals surface area contributed by atoms with Crippen molar-refractivity contribution in [2.24, 2.45) is 0 Å². The van der Waals surface area contributed by atoms with Gasteiger partial charge in [0, 0.05) is 12.7 Å². The maximum absolute atomic E-state index is 2.48. The Balaban J connectivity index is 1.61. The van der Waals surface area contributed by atoms with E-state index in [0.717, 1.165) is 6.67 Å². The smallest absolute Gasteiger partial charge is 0.100 e. The topological polar surface area (TPSA) is 9.72 Å². The molecule has 2 aliphatic rings. The summed E-state index contributed by atoms with van der Waals surface area (Å²) in [6.45, 7) is 5.25. The second kappa shape index (κ2) is 5.77. The van der Waals surface area contributed by atoms with Crippen molar-refractivity contribution in [2.45, 2.75) is 13.8 Å². The highest BCUT2D eigenvalue weighted by atomic mass is 15.4. The molecule has 0 spiro atoms. The molecule has 6 rings (SSSR count). The number of hydrogen-bond acceptors (Lipinski definition) is 3. The molecule has 0 fully saturated rings. The average molecular weight is 377 g/mol.